The first-order chi connectivity index (χ1) is 10.9. The number of ether oxygens (including phenoxy) is 1. The minimum Gasteiger partial charge on any atom is -0.480 e. The number of nitrogens with one attached hydrogen (secondary N) is 1. The molecule has 0 aromatic heterocycles. The van der Waals surface area contributed by atoms with Crippen LogP contribution in [0.3, 0.4) is 0 Å². The summed E-state index contributed by atoms with van der Waals surface area (Å²) in [5.41, 5.74) is 0. The van der Waals surface area contributed by atoms with Crippen LogP contribution in [0.4, 0.5) is 0 Å². The molecule has 1 aliphatic rings. The quantitative estimate of drug-likeness (QED) is 0.851. The number of nitrogens with zero attached hydrogens (tertiary/aromatic N) is 1. The van der Waals surface area contributed by atoms with Crippen molar-refractivity contribution in [2.45, 2.75) is 39.3 Å². The van der Waals surface area contributed by atoms with Crippen LogP contribution in [0.25, 0.3) is 0 Å². The zero-order chi connectivity index (χ0) is 17.0. The van der Waals surface area contributed by atoms with Gasteiger partial charge in [-0.15, -0.1) is 0 Å². The lowest BCUT2D eigenvalue weighted by molar-refractivity contribution is -0.148. The first-order valence-electron chi connectivity index (χ1n) is 7.89. The third-order valence-electron chi connectivity index (χ3n) is 3.80. The summed E-state index contributed by atoms with van der Waals surface area (Å²) < 4.78 is 6.58. The fraction of sp³-hybridized carbons (Fsp3) is 0.529. The minimum atomic E-state index is -0.644. The summed E-state index contributed by atoms with van der Waals surface area (Å²) in [4.78, 5) is 26.5. The van der Waals surface area contributed by atoms with Crippen molar-refractivity contribution >= 4 is 27.7 Å². The normalized spacial score (nSPS) is 19.4. The van der Waals surface area contributed by atoms with Crippen LogP contribution in [0.1, 0.15) is 27.2 Å². The van der Waals surface area contributed by atoms with E-state index in [1.165, 1.54) is 0 Å². The third kappa shape index (κ3) is 4.47. The van der Waals surface area contributed by atoms with Crippen molar-refractivity contribution in [2.75, 3.05) is 13.1 Å². The Bertz CT molecular complexity index is 577. The molecule has 1 fully saturated rings. The standard InChI is InChI=1S/C17H23BrN2O3/c1-11(2)10-14-16(21)19-8-9-20(14)17(22)12(3)23-15-7-5-4-6-13(15)18/h4-7,11-12,14H,8-10H2,1-3H3,(H,19,21)/t12-,14+/m0/s1. The predicted octanol–water partition coefficient (Wildman–Crippen LogP) is 2.59. The number of carbonyl (C=O) groups excluding carboxylic acids is 2. The molecule has 1 heterocycles. The maximum atomic E-state index is 12.8. The third-order valence-corrected chi connectivity index (χ3v) is 4.45. The Kier molecular flexibility index (Phi) is 6.04. The lowest BCUT2D eigenvalue weighted by Gasteiger charge is -2.37. The van der Waals surface area contributed by atoms with Gasteiger partial charge in [-0.3, -0.25) is 9.59 Å². The molecule has 0 radical (unpaired) electrons. The molecule has 5 nitrogen and oxygen atoms in total. The van der Waals surface area contributed by atoms with Crippen LogP contribution in [0, 0.1) is 5.92 Å². The van der Waals surface area contributed by atoms with E-state index in [1.54, 1.807) is 11.8 Å². The molecule has 1 aliphatic heterocycles. The van der Waals surface area contributed by atoms with Gasteiger partial charge in [0.05, 0.1) is 4.47 Å². The highest BCUT2D eigenvalue weighted by Crippen LogP contribution is 2.25. The van der Waals surface area contributed by atoms with Crippen molar-refractivity contribution in [3.63, 3.8) is 0 Å². The largest absolute Gasteiger partial charge is 0.480 e. The summed E-state index contributed by atoms with van der Waals surface area (Å²) in [5.74, 6) is 0.724. The Labute approximate surface area is 145 Å². The summed E-state index contributed by atoms with van der Waals surface area (Å²) in [7, 11) is 0. The van der Waals surface area contributed by atoms with E-state index >= 15 is 0 Å². The van der Waals surface area contributed by atoms with E-state index in [0.717, 1.165) is 4.47 Å². The van der Waals surface area contributed by atoms with Gasteiger partial charge in [-0.05, 0) is 47.3 Å². The summed E-state index contributed by atoms with van der Waals surface area (Å²) >= 11 is 3.41. The molecular formula is C17H23BrN2O3. The van der Waals surface area contributed by atoms with Crippen molar-refractivity contribution in [1.82, 2.24) is 10.2 Å². The molecule has 1 N–H and O–H groups in total. The van der Waals surface area contributed by atoms with Crippen molar-refractivity contribution < 1.29 is 14.3 Å². The Morgan fingerprint density at radius 2 is 2.09 bits per heavy atom. The van der Waals surface area contributed by atoms with Gasteiger partial charge in [-0.2, -0.15) is 0 Å². The van der Waals surface area contributed by atoms with Crippen molar-refractivity contribution in [3.8, 4) is 5.75 Å². The highest BCUT2D eigenvalue weighted by molar-refractivity contribution is 9.10. The minimum absolute atomic E-state index is 0.0774. The molecule has 0 saturated carbocycles. The monoisotopic (exact) mass is 382 g/mol. The summed E-state index contributed by atoms with van der Waals surface area (Å²) in [6.45, 7) is 6.82. The van der Waals surface area contributed by atoms with E-state index in [4.69, 9.17) is 4.74 Å². The number of halogens is 1. The van der Waals surface area contributed by atoms with Gasteiger partial charge in [0.2, 0.25) is 5.91 Å². The van der Waals surface area contributed by atoms with Crippen LogP contribution in [-0.4, -0.2) is 41.9 Å². The van der Waals surface area contributed by atoms with Crippen LogP contribution in [0.15, 0.2) is 28.7 Å². The molecule has 0 spiro atoms. The molecule has 1 saturated heterocycles. The van der Waals surface area contributed by atoms with Gasteiger partial charge < -0.3 is 15.0 Å². The van der Waals surface area contributed by atoms with Gasteiger partial charge in [0.15, 0.2) is 6.10 Å². The van der Waals surface area contributed by atoms with E-state index in [1.807, 2.05) is 38.1 Å². The van der Waals surface area contributed by atoms with Crippen LogP contribution in [0.2, 0.25) is 0 Å². The van der Waals surface area contributed by atoms with Crippen molar-refractivity contribution in [3.05, 3.63) is 28.7 Å². The van der Waals surface area contributed by atoms with Crippen LogP contribution >= 0.6 is 15.9 Å². The van der Waals surface area contributed by atoms with E-state index in [2.05, 4.69) is 21.2 Å². The van der Waals surface area contributed by atoms with Gasteiger partial charge in [0, 0.05) is 13.1 Å². The Morgan fingerprint density at radius 3 is 2.74 bits per heavy atom. The highest BCUT2D eigenvalue weighted by Gasteiger charge is 2.35. The summed E-state index contributed by atoms with van der Waals surface area (Å²) in [5, 5.41) is 2.84. The SMILES string of the molecule is CC(C)C[C@@H]1C(=O)NCCN1C(=O)[C@H](C)Oc1ccccc1Br. The van der Waals surface area contributed by atoms with Crippen LogP contribution < -0.4 is 10.1 Å². The second-order valence-electron chi connectivity index (χ2n) is 6.16. The molecule has 6 heteroatoms. The Morgan fingerprint density at radius 1 is 1.39 bits per heavy atom. The van der Waals surface area contributed by atoms with Crippen molar-refractivity contribution in [1.29, 1.82) is 0 Å². The molecule has 2 amide bonds. The molecule has 126 valence electrons. The second kappa shape index (κ2) is 7.81. The summed E-state index contributed by atoms with van der Waals surface area (Å²) in [6.07, 6.45) is 0.00791. The number of piperazine rings is 1. The number of hydrogen-bond donors (Lipinski definition) is 1. The molecule has 0 unspecified atom stereocenters. The molecular weight excluding hydrogens is 360 g/mol. The molecule has 1 aromatic rings. The first-order valence-corrected chi connectivity index (χ1v) is 8.68. The topological polar surface area (TPSA) is 58.6 Å². The van der Waals surface area contributed by atoms with Gasteiger partial charge in [0.1, 0.15) is 11.8 Å². The number of carbonyl (C=O) groups is 2. The lowest BCUT2D eigenvalue weighted by atomic mass is 9.99. The van der Waals surface area contributed by atoms with Crippen LogP contribution in [0.5, 0.6) is 5.75 Å². The number of amides is 2. The number of para-hydroxylation sites is 1. The molecule has 1 aromatic carbocycles. The lowest BCUT2D eigenvalue weighted by Crippen LogP contribution is -2.59. The van der Waals surface area contributed by atoms with Gasteiger partial charge in [0.25, 0.3) is 5.91 Å². The van der Waals surface area contributed by atoms with Crippen molar-refractivity contribution in [2.24, 2.45) is 5.92 Å². The molecule has 2 rings (SSSR count). The number of rotatable bonds is 5. The first kappa shape index (κ1) is 17.8. The fourth-order valence-corrected chi connectivity index (χ4v) is 3.05. The number of benzene rings is 1. The zero-order valence-corrected chi connectivity index (χ0v) is 15.3. The molecule has 0 bridgehead atoms. The maximum absolute atomic E-state index is 12.8. The van der Waals surface area contributed by atoms with E-state index < -0.39 is 12.1 Å². The van der Waals surface area contributed by atoms with E-state index in [9.17, 15) is 9.59 Å². The van der Waals surface area contributed by atoms with Crippen LogP contribution in [-0.2, 0) is 9.59 Å². The molecule has 23 heavy (non-hydrogen) atoms. The van der Waals surface area contributed by atoms with Gasteiger partial charge >= 0.3 is 0 Å². The Balaban J connectivity index is 2.10. The van der Waals surface area contributed by atoms with Gasteiger partial charge in [-0.25, -0.2) is 0 Å². The van der Waals surface area contributed by atoms with Gasteiger partial charge in [-0.1, -0.05) is 26.0 Å². The number of hydrogen-bond acceptors (Lipinski definition) is 3. The second-order valence-corrected chi connectivity index (χ2v) is 7.01. The fourth-order valence-electron chi connectivity index (χ4n) is 2.67. The average Bonchev–Trinajstić information content (AvgIpc) is 2.50. The highest BCUT2D eigenvalue weighted by atomic mass is 79.9. The smallest absolute Gasteiger partial charge is 0.264 e. The maximum Gasteiger partial charge on any atom is 0.264 e. The van der Waals surface area contributed by atoms with E-state index in [0.29, 0.717) is 31.2 Å². The van der Waals surface area contributed by atoms with E-state index in [-0.39, 0.29) is 11.8 Å². The average molecular weight is 383 g/mol. The predicted molar refractivity (Wildman–Crippen MR) is 92.2 cm³/mol. The molecule has 2 atom stereocenters. The Hall–Kier alpha value is -1.56. The zero-order valence-electron chi connectivity index (χ0n) is 13.7. The molecule has 0 aliphatic carbocycles. The summed E-state index contributed by atoms with van der Waals surface area (Å²) in [6, 6.07) is 7.00.